The van der Waals surface area contributed by atoms with Crippen LogP contribution >= 0.6 is 11.6 Å². The Kier molecular flexibility index (Phi) is 10.8. The molecule has 32 heavy (non-hydrogen) atoms. The van der Waals surface area contributed by atoms with E-state index in [-0.39, 0.29) is 5.97 Å². The quantitative estimate of drug-likeness (QED) is 0.224. The summed E-state index contributed by atoms with van der Waals surface area (Å²) in [6.07, 6.45) is 6.54. The first-order chi connectivity index (χ1) is 15.3. The highest BCUT2D eigenvalue weighted by atomic mass is 35.5. The van der Waals surface area contributed by atoms with E-state index >= 15 is 0 Å². The summed E-state index contributed by atoms with van der Waals surface area (Å²) in [5, 5.41) is 0.692. The second-order valence-corrected chi connectivity index (χ2v) is 8.81. The third-order valence-corrected chi connectivity index (χ3v) is 5.49. The zero-order chi connectivity index (χ0) is 23.4. The van der Waals surface area contributed by atoms with Crippen molar-refractivity contribution in [2.75, 3.05) is 20.3 Å². The number of carbonyl (C=O) groups is 1. The SMILES string of the molecule is C=C(c1ccc(Cl)cc1)c1ccc(OC(C)(C)C(=O)OCCCCCCCCOC)cc1. The molecule has 0 bridgehead atoms. The van der Waals surface area contributed by atoms with Crippen LogP contribution in [0.25, 0.3) is 5.57 Å². The van der Waals surface area contributed by atoms with Crippen molar-refractivity contribution < 1.29 is 19.0 Å². The number of carbonyl (C=O) groups excluding carboxylic acids is 1. The average molecular weight is 459 g/mol. The fourth-order valence-corrected chi connectivity index (χ4v) is 3.40. The summed E-state index contributed by atoms with van der Waals surface area (Å²) in [7, 11) is 1.73. The average Bonchev–Trinajstić information content (AvgIpc) is 2.78. The van der Waals surface area contributed by atoms with Crippen molar-refractivity contribution >= 4 is 23.1 Å². The molecule has 0 spiro atoms. The normalized spacial score (nSPS) is 11.2. The number of unbranched alkanes of at least 4 members (excludes halogenated alkanes) is 5. The molecule has 2 rings (SSSR count). The first-order valence-electron chi connectivity index (χ1n) is 11.2. The molecule has 2 aromatic carbocycles. The van der Waals surface area contributed by atoms with Crippen LogP contribution in [0.5, 0.6) is 5.75 Å². The summed E-state index contributed by atoms with van der Waals surface area (Å²) < 4.78 is 16.4. The van der Waals surface area contributed by atoms with Crippen molar-refractivity contribution in [3.8, 4) is 5.75 Å². The molecule has 0 atom stereocenters. The molecular formula is C27H35ClO4. The van der Waals surface area contributed by atoms with Crippen LogP contribution in [-0.2, 0) is 14.3 Å². The predicted octanol–water partition coefficient (Wildman–Crippen LogP) is 7.09. The van der Waals surface area contributed by atoms with Gasteiger partial charge in [-0.15, -0.1) is 0 Å². The lowest BCUT2D eigenvalue weighted by molar-refractivity contribution is -0.159. The number of hydrogen-bond acceptors (Lipinski definition) is 4. The Morgan fingerprint density at radius 3 is 1.91 bits per heavy atom. The van der Waals surface area contributed by atoms with Gasteiger partial charge in [-0.05, 0) is 67.7 Å². The van der Waals surface area contributed by atoms with Crippen LogP contribution in [0, 0.1) is 0 Å². The molecule has 0 aromatic heterocycles. The van der Waals surface area contributed by atoms with Crippen molar-refractivity contribution in [1.82, 2.24) is 0 Å². The molecule has 0 unspecified atom stereocenters. The van der Waals surface area contributed by atoms with Crippen molar-refractivity contribution in [2.45, 2.75) is 58.0 Å². The van der Waals surface area contributed by atoms with Crippen LogP contribution in [0.2, 0.25) is 5.02 Å². The monoisotopic (exact) mass is 458 g/mol. The van der Waals surface area contributed by atoms with Crippen molar-refractivity contribution in [3.05, 3.63) is 71.3 Å². The van der Waals surface area contributed by atoms with Gasteiger partial charge in [0.25, 0.3) is 0 Å². The topological polar surface area (TPSA) is 44.8 Å². The van der Waals surface area contributed by atoms with Crippen LogP contribution in [0.15, 0.2) is 55.1 Å². The van der Waals surface area contributed by atoms with Gasteiger partial charge in [-0.25, -0.2) is 4.79 Å². The smallest absolute Gasteiger partial charge is 0.349 e. The Morgan fingerprint density at radius 2 is 1.34 bits per heavy atom. The first kappa shape index (κ1) is 26.0. The number of methoxy groups -OCH3 is 1. The lowest BCUT2D eigenvalue weighted by Gasteiger charge is -2.24. The molecule has 2 aromatic rings. The Balaban J connectivity index is 1.76. The van der Waals surface area contributed by atoms with Gasteiger partial charge in [0.15, 0.2) is 5.60 Å². The Morgan fingerprint density at radius 1 is 0.844 bits per heavy atom. The first-order valence-corrected chi connectivity index (χ1v) is 11.6. The Hall–Kier alpha value is -2.30. The molecule has 0 radical (unpaired) electrons. The molecule has 0 saturated carbocycles. The van der Waals surface area contributed by atoms with E-state index in [2.05, 4.69) is 6.58 Å². The molecule has 0 saturated heterocycles. The molecule has 0 heterocycles. The van der Waals surface area contributed by atoms with Crippen molar-refractivity contribution in [1.29, 1.82) is 0 Å². The summed E-state index contributed by atoms with van der Waals surface area (Å²) >= 11 is 5.96. The summed E-state index contributed by atoms with van der Waals surface area (Å²) in [6, 6.07) is 15.1. The van der Waals surface area contributed by atoms with Gasteiger partial charge in [0.1, 0.15) is 5.75 Å². The molecule has 0 aliphatic carbocycles. The van der Waals surface area contributed by atoms with E-state index in [9.17, 15) is 4.79 Å². The molecule has 4 nitrogen and oxygen atoms in total. The van der Waals surface area contributed by atoms with E-state index in [1.54, 1.807) is 21.0 Å². The second kappa shape index (κ2) is 13.3. The maximum atomic E-state index is 12.5. The largest absolute Gasteiger partial charge is 0.476 e. The van der Waals surface area contributed by atoms with E-state index in [4.69, 9.17) is 25.8 Å². The van der Waals surface area contributed by atoms with E-state index in [0.29, 0.717) is 17.4 Å². The van der Waals surface area contributed by atoms with Gasteiger partial charge in [-0.3, -0.25) is 0 Å². The molecule has 5 heteroatoms. The van der Waals surface area contributed by atoms with Crippen LogP contribution in [0.3, 0.4) is 0 Å². The minimum absolute atomic E-state index is 0.354. The summed E-state index contributed by atoms with van der Waals surface area (Å²) in [5.74, 6) is 0.253. The number of rotatable bonds is 14. The van der Waals surface area contributed by atoms with Crippen LogP contribution in [-0.4, -0.2) is 31.9 Å². The minimum Gasteiger partial charge on any atom is -0.476 e. The lowest BCUT2D eigenvalue weighted by atomic mass is 10.00. The maximum absolute atomic E-state index is 12.5. The highest BCUT2D eigenvalue weighted by Gasteiger charge is 2.31. The van der Waals surface area contributed by atoms with Crippen LogP contribution < -0.4 is 4.74 Å². The highest BCUT2D eigenvalue weighted by molar-refractivity contribution is 6.30. The predicted molar refractivity (Wildman–Crippen MR) is 131 cm³/mol. The number of benzene rings is 2. The fraction of sp³-hybridized carbons (Fsp3) is 0.444. The molecule has 0 aliphatic rings. The molecule has 0 aliphatic heterocycles. The summed E-state index contributed by atoms with van der Waals surface area (Å²) in [6.45, 7) is 8.87. The van der Waals surface area contributed by atoms with E-state index in [1.165, 1.54) is 12.8 Å². The van der Waals surface area contributed by atoms with E-state index < -0.39 is 5.60 Å². The standard InChI is InChI=1S/C27H35ClO4/c1-21(22-11-15-24(28)16-12-22)23-13-17-25(18-14-23)32-27(2,3)26(29)31-20-10-8-6-5-7-9-19-30-4/h11-18H,1,5-10,19-20H2,2-4H3. The molecule has 0 amide bonds. The highest BCUT2D eigenvalue weighted by Crippen LogP contribution is 2.26. The van der Waals surface area contributed by atoms with Crippen molar-refractivity contribution in [3.63, 3.8) is 0 Å². The van der Waals surface area contributed by atoms with Gasteiger partial charge in [0.05, 0.1) is 6.61 Å². The van der Waals surface area contributed by atoms with E-state index in [0.717, 1.165) is 49.0 Å². The van der Waals surface area contributed by atoms with Crippen LogP contribution in [0.1, 0.15) is 63.5 Å². The summed E-state index contributed by atoms with van der Waals surface area (Å²) in [4.78, 5) is 12.5. The number of ether oxygens (including phenoxy) is 3. The van der Waals surface area contributed by atoms with Gasteiger partial charge in [0, 0.05) is 18.7 Å². The third-order valence-electron chi connectivity index (χ3n) is 5.24. The van der Waals surface area contributed by atoms with Gasteiger partial charge < -0.3 is 14.2 Å². The summed E-state index contributed by atoms with van der Waals surface area (Å²) in [5.41, 5.74) is 1.81. The van der Waals surface area contributed by atoms with E-state index in [1.807, 2.05) is 48.5 Å². The second-order valence-electron chi connectivity index (χ2n) is 8.37. The van der Waals surface area contributed by atoms with Gasteiger partial charge in [-0.1, -0.05) is 68.1 Å². The maximum Gasteiger partial charge on any atom is 0.349 e. The molecular weight excluding hydrogens is 424 g/mol. The molecule has 0 N–H and O–H groups in total. The molecule has 174 valence electrons. The number of hydrogen-bond donors (Lipinski definition) is 0. The number of esters is 1. The van der Waals surface area contributed by atoms with Gasteiger partial charge in [0.2, 0.25) is 0 Å². The zero-order valence-electron chi connectivity index (χ0n) is 19.5. The Bertz CT molecular complexity index is 841. The third kappa shape index (κ3) is 8.68. The molecule has 0 fully saturated rings. The van der Waals surface area contributed by atoms with Gasteiger partial charge in [-0.2, -0.15) is 0 Å². The van der Waals surface area contributed by atoms with Crippen LogP contribution in [0.4, 0.5) is 0 Å². The number of halogens is 1. The fourth-order valence-electron chi connectivity index (χ4n) is 3.27. The van der Waals surface area contributed by atoms with Crippen molar-refractivity contribution in [2.24, 2.45) is 0 Å². The lowest BCUT2D eigenvalue weighted by Crippen LogP contribution is -2.39. The minimum atomic E-state index is -1.06. The zero-order valence-corrected chi connectivity index (χ0v) is 20.2. The van der Waals surface area contributed by atoms with Gasteiger partial charge >= 0.3 is 5.97 Å². The Labute approximate surface area is 197 Å².